The molecule has 2 aliphatic carbocycles. The predicted molar refractivity (Wildman–Crippen MR) is 130 cm³/mol. The van der Waals surface area contributed by atoms with Crippen LogP contribution < -0.4 is 21.9 Å². The van der Waals surface area contributed by atoms with E-state index in [1.165, 1.54) is 41.6 Å². The molecule has 0 atom stereocenters. The third kappa shape index (κ3) is 5.55. The van der Waals surface area contributed by atoms with Gasteiger partial charge in [0, 0.05) is 19.1 Å². The Morgan fingerprint density at radius 3 is 2.42 bits per heavy atom. The maximum atomic E-state index is 13.4. The first-order valence-corrected chi connectivity index (χ1v) is 12.2. The van der Waals surface area contributed by atoms with Gasteiger partial charge in [-0.05, 0) is 44.1 Å². The van der Waals surface area contributed by atoms with Gasteiger partial charge in [-0.3, -0.25) is 24.0 Å². The van der Waals surface area contributed by atoms with E-state index in [2.05, 4.69) is 9.88 Å². The van der Waals surface area contributed by atoms with Crippen molar-refractivity contribution in [1.82, 2.24) is 14.5 Å². The molecule has 2 aliphatic rings. The van der Waals surface area contributed by atoms with Crippen molar-refractivity contribution in [3.63, 3.8) is 0 Å². The van der Waals surface area contributed by atoms with Crippen LogP contribution in [0.15, 0.2) is 39.9 Å². The Kier molecular flexibility index (Phi) is 7.33. The van der Waals surface area contributed by atoms with Gasteiger partial charge in [-0.1, -0.05) is 49.6 Å². The largest absolute Gasteiger partial charge is 0.383 e. The number of aromatic nitrogens is 2. The zero-order chi connectivity index (χ0) is 23.4. The number of nitrogen functional groups attached to an aromatic ring is 1. The smallest absolute Gasteiger partial charge is 0.330 e. The van der Waals surface area contributed by atoms with E-state index in [0.717, 1.165) is 24.9 Å². The van der Waals surface area contributed by atoms with Crippen LogP contribution in [0.4, 0.5) is 11.5 Å². The summed E-state index contributed by atoms with van der Waals surface area (Å²) in [6.45, 7) is 3.56. The molecule has 1 amide bonds. The van der Waals surface area contributed by atoms with E-state index in [1.807, 2.05) is 37.3 Å². The highest BCUT2D eigenvalue weighted by molar-refractivity contribution is 5.96. The van der Waals surface area contributed by atoms with E-state index in [1.54, 1.807) is 0 Å². The highest BCUT2D eigenvalue weighted by Gasteiger charge is 2.34. The van der Waals surface area contributed by atoms with Gasteiger partial charge in [0.05, 0.1) is 13.1 Å². The number of carbonyl (C=O) groups is 1. The van der Waals surface area contributed by atoms with E-state index in [-0.39, 0.29) is 30.5 Å². The topological polar surface area (TPSA) is 104 Å². The van der Waals surface area contributed by atoms with Crippen molar-refractivity contribution >= 4 is 17.4 Å². The van der Waals surface area contributed by atoms with Crippen molar-refractivity contribution < 1.29 is 4.79 Å². The summed E-state index contributed by atoms with van der Waals surface area (Å²) in [5.74, 6) is 0.513. The monoisotopic (exact) mass is 453 g/mol. The average molecular weight is 454 g/mol. The Hall–Kier alpha value is -2.87. The molecule has 0 unspecified atom stereocenters. The molecule has 178 valence electrons. The minimum absolute atomic E-state index is 0.0213. The maximum absolute atomic E-state index is 13.4. The van der Waals surface area contributed by atoms with E-state index in [4.69, 9.17) is 5.73 Å². The third-order valence-electron chi connectivity index (χ3n) is 6.90. The molecule has 2 aromatic rings. The number of hydrogen-bond donors (Lipinski definition) is 2. The Morgan fingerprint density at radius 1 is 1.09 bits per heavy atom. The van der Waals surface area contributed by atoms with Crippen molar-refractivity contribution in [3.8, 4) is 0 Å². The number of likely N-dealkylation sites (N-methyl/N-ethyl adjacent to an activating group) is 1. The van der Waals surface area contributed by atoms with E-state index >= 15 is 0 Å². The lowest BCUT2D eigenvalue weighted by molar-refractivity contribution is -0.120. The van der Waals surface area contributed by atoms with Gasteiger partial charge in [0.15, 0.2) is 5.69 Å². The van der Waals surface area contributed by atoms with Crippen LogP contribution in [0.25, 0.3) is 0 Å². The summed E-state index contributed by atoms with van der Waals surface area (Å²) in [6, 6.07) is 9.88. The fourth-order valence-electron chi connectivity index (χ4n) is 4.96. The van der Waals surface area contributed by atoms with Crippen LogP contribution in [0, 0.1) is 5.92 Å². The number of nitrogens with two attached hydrogens (primary N) is 1. The Morgan fingerprint density at radius 2 is 1.79 bits per heavy atom. The Balaban J connectivity index is 1.56. The van der Waals surface area contributed by atoms with Gasteiger partial charge in [0.1, 0.15) is 5.82 Å². The van der Waals surface area contributed by atoms with Crippen LogP contribution >= 0.6 is 0 Å². The van der Waals surface area contributed by atoms with Crippen molar-refractivity contribution in [2.75, 3.05) is 30.3 Å². The van der Waals surface area contributed by atoms with E-state index in [9.17, 15) is 14.4 Å². The molecule has 0 radical (unpaired) electrons. The molecular weight excluding hydrogens is 418 g/mol. The Labute approximate surface area is 194 Å². The molecule has 1 aromatic heterocycles. The number of anilines is 2. The molecular formula is C25H35N5O3. The summed E-state index contributed by atoms with van der Waals surface area (Å²) in [5.41, 5.74) is 6.08. The second kappa shape index (κ2) is 10.4. The summed E-state index contributed by atoms with van der Waals surface area (Å²) < 4.78 is 1.32. The SMILES string of the molecule is CCN(C(=O)CN(CC1CCCCC1)C1CC1)c1c(N)n(Cc2ccccc2)c(=O)[nH]c1=O. The highest BCUT2D eigenvalue weighted by atomic mass is 16.2. The lowest BCUT2D eigenvalue weighted by Gasteiger charge is -2.31. The number of H-pyrrole nitrogens is 1. The molecule has 4 rings (SSSR count). The summed E-state index contributed by atoms with van der Waals surface area (Å²) in [6.07, 6.45) is 8.55. The van der Waals surface area contributed by atoms with Crippen molar-refractivity contribution in [1.29, 1.82) is 0 Å². The fraction of sp³-hybridized carbons (Fsp3) is 0.560. The van der Waals surface area contributed by atoms with Crippen LogP contribution in [0.2, 0.25) is 0 Å². The number of benzene rings is 1. The molecule has 0 saturated heterocycles. The quantitative estimate of drug-likeness (QED) is 0.607. The molecule has 3 N–H and O–H groups in total. The number of rotatable bonds is 9. The summed E-state index contributed by atoms with van der Waals surface area (Å²) in [4.78, 5) is 44.8. The third-order valence-corrected chi connectivity index (χ3v) is 6.90. The number of hydrogen-bond acceptors (Lipinski definition) is 5. The molecule has 8 nitrogen and oxygen atoms in total. The lowest BCUT2D eigenvalue weighted by Crippen LogP contribution is -2.46. The van der Waals surface area contributed by atoms with Gasteiger partial charge in [-0.2, -0.15) is 0 Å². The molecule has 2 saturated carbocycles. The zero-order valence-corrected chi connectivity index (χ0v) is 19.5. The summed E-state index contributed by atoms with van der Waals surface area (Å²) in [7, 11) is 0. The number of amides is 1. The molecule has 0 aliphatic heterocycles. The van der Waals surface area contributed by atoms with Crippen LogP contribution in [0.3, 0.4) is 0 Å². The number of aromatic amines is 1. The van der Waals surface area contributed by atoms with Crippen molar-refractivity contribution in [3.05, 3.63) is 56.7 Å². The van der Waals surface area contributed by atoms with Gasteiger partial charge in [-0.25, -0.2) is 4.79 Å². The first-order valence-electron chi connectivity index (χ1n) is 12.2. The minimum atomic E-state index is -0.623. The zero-order valence-electron chi connectivity index (χ0n) is 19.5. The first kappa shape index (κ1) is 23.3. The highest BCUT2D eigenvalue weighted by Crippen LogP contribution is 2.31. The first-order chi connectivity index (χ1) is 16.0. The van der Waals surface area contributed by atoms with Gasteiger partial charge >= 0.3 is 5.69 Å². The number of nitrogens with one attached hydrogen (secondary N) is 1. The van der Waals surface area contributed by atoms with Crippen molar-refractivity contribution in [2.24, 2.45) is 5.92 Å². The summed E-state index contributed by atoms with van der Waals surface area (Å²) >= 11 is 0. The van der Waals surface area contributed by atoms with Gasteiger partial charge in [0.25, 0.3) is 5.56 Å². The molecule has 33 heavy (non-hydrogen) atoms. The second-order valence-corrected chi connectivity index (χ2v) is 9.37. The van der Waals surface area contributed by atoms with Crippen LogP contribution in [0.1, 0.15) is 57.4 Å². The molecule has 1 heterocycles. The normalized spacial score (nSPS) is 16.8. The van der Waals surface area contributed by atoms with Gasteiger partial charge < -0.3 is 10.6 Å². The maximum Gasteiger partial charge on any atom is 0.330 e. The molecule has 8 heteroatoms. The number of nitrogens with zero attached hydrogens (tertiary/aromatic N) is 3. The Bertz CT molecular complexity index is 1070. The average Bonchev–Trinajstić information content (AvgIpc) is 3.66. The van der Waals surface area contributed by atoms with Gasteiger partial charge in [-0.15, -0.1) is 0 Å². The second-order valence-electron chi connectivity index (χ2n) is 9.37. The van der Waals surface area contributed by atoms with Crippen LogP contribution in [0.5, 0.6) is 0 Å². The molecule has 2 fully saturated rings. The van der Waals surface area contributed by atoms with Crippen molar-refractivity contribution in [2.45, 2.75) is 64.5 Å². The van der Waals surface area contributed by atoms with Crippen LogP contribution in [-0.2, 0) is 11.3 Å². The van der Waals surface area contributed by atoms with E-state index in [0.29, 0.717) is 18.5 Å². The minimum Gasteiger partial charge on any atom is -0.383 e. The molecule has 1 aromatic carbocycles. The molecule has 0 bridgehead atoms. The fourth-order valence-corrected chi connectivity index (χ4v) is 4.96. The van der Waals surface area contributed by atoms with E-state index < -0.39 is 11.2 Å². The van der Waals surface area contributed by atoms with Crippen LogP contribution in [-0.4, -0.2) is 46.0 Å². The van der Waals surface area contributed by atoms with Gasteiger partial charge in [0.2, 0.25) is 5.91 Å². The summed E-state index contributed by atoms with van der Waals surface area (Å²) in [5, 5.41) is 0. The standard InChI is InChI=1S/C25H35N5O3/c1-2-29(21(31)17-28(20-13-14-20)15-18-9-5-3-6-10-18)22-23(26)30(25(33)27-24(22)32)16-19-11-7-4-8-12-19/h4,7-8,11-12,18,20H,2-3,5-6,9-10,13-17,26H2,1H3,(H,27,32,33). The predicted octanol–water partition coefficient (Wildman–Crippen LogP) is 2.56. The molecule has 0 spiro atoms. The number of carbonyl (C=O) groups excluding carboxylic acids is 1. The lowest BCUT2D eigenvalue weighted by atomic mass is 9.89.